The fourth-order valence-electron chi connectivity index (χ4n) is 2.16. The molecule has 1 heterocycles. The van der Waals surface area contributed by atoms with Crippen molar-refractivity contribution in [1.29, 1.82) is 0 Å². The first-order chi connectivity index (χ1) is 9.63. The zero-order chi connectivity index (χ0) is 14.5. The summed E-state index contributed by atoms with van der Waals surface area (Å²) in [7, 11) is 4.00. The first kappa shape index (κ1) is 14.5. The van der Waals surface area contributed by atoms with Crippen molar-refractivity contribution in [3.05, 3.63) is 58.4 Å². The third-order valence-corrected chi connectivity index (χ3v) is 3.31. The maximum Gasteiger partial charge on any atom is 0.255 e. The van der Waals surface area contributed by atoms with E-state index in [-0.39, 0.29) is 12.1 Å². The maximum atomic E-state index is 12.5. The zero-order valence-corrected chi connectivity index (χ0v) is 12.0. The minimum atomic E-state index is 0.00991. The van der Waals surface area contributed by atoms with Crippen molar-refractivity contribution in [2.45, 2.75) is 13.1 Å². The summed E-state index contributed by atoms with van der Waals surface area (Å²) in [6.45, 7) is 1.74. The van der Waals surface area contributed by atoms with Crippen LogP contribution in [0.15, 0.2) is 47.3 Å². The van der Waals surface area contributed by atoms with E-state index in [0.717, 1.165) is 17.8 Å². The highest BCUT2D eigenvalue weighted by atomic mass is 16.1. The topological polar surface area (TPSA) is 51.3 Å². The van der Waals surface area contributed by atoms with Crippen molar-refractivity contribution in [2.24, 2.45) is 5.73 Å². The lowest BCUT2D eigenvalue weighted by Gasteiger charge is -2.17. The highest BCUT2D eigenvalue weighted by Gasteiger charge is 2.09. The van der Waals surface area contributed by atoms with Gasteiger partial charge in [-0.3, -0.25) is 4.79 Å². The molecular weight excluding hydrogens is 250 g/mol. The van der Waals surface area contributed by atoms with E-state index in [4.69, 9.17) is 5.73 Å². The summed E-state index contributed by atoms with van der Waals surface area (Å²) in [4.78, 5) is 14.5. The fourth-order valence-corrected chi connectivity index (χ4v) is 2.16. The van der Waals surface area contributed by atoms with Crippen LogP contribution in [-0.4, -0.2) is 30.1 Å². The summed E-state index contributed by atoms with van der Waals surface area (Å²) < 4.78 is 1.82. The van der Waals surface area contributed by atoms with Crippen LogP contribution in [-0.2, 0) is 13.1 Å². The molecule has 4 heteroatoms. The maximum absolute atomic E-state index is 12.5. The van der Waals surface area contributed by atoms with E-state index < -0.39 is 0 Å². The van der Waals surface area contributed by atoms with Crippen molar-refractivity contribution >= 4 is 0 Å². The summed E-state index contributed by atoms with van der Waals surface area (Å²) >= 11 is 0. The van der Waals surface area contributed by atoms with Crippen LogP contribution in [0.3, 0.4) is 0 Å². The van der Waals surface area contributed by atoms with Crippen molar-refractivity contribution in [3.8, 4) is 11.3 Å². The Labute approximate surface area is 119 Å². The van der Waals surface area contributed by atoms with Crippen molar-refractivity contribution in [2.75, 3.05) is 20.6 Å². The number of hydrogen-bond donors (Lipinski definition) is 1. The third kappa shape index (κ3) is 3.15. The Balaban J connectivity index is 2.51. The molecule has 0 aliphatic carbocycles. The van der Waals surface area contributed by atoms with E-state index in [2.05, 4.69) is 4.90 Å². The normalized spacial score (nSPS) is 11.0. The first-order valence-corrected chi connectivity index (χ1v) is 6.76. The van der Waals surface area contributed by atoms with Gasteiger partial charge in [-0.25, -0.2) is 0 Å². The van der Waals surface area contributed by atoms with Crippen LogP contribution in [0.25, 0.3) is 11.3 Å². The number of rotatable bonds is 5. The predicted molar refractivity (Wildman–Crippen MR) is 82.6 cm³/mol. The standard InChI is InChI=1S/C16H21N3O/c1-18(2)10-11-19-15(13-6-4-3-5-7-13)9-8-14(12-17)16(19)20/h3-9H,10-12,17H2,1-2H3. The monoisotopic (exact) mass is 271 g/mol. The molecule has 0 fully saturated rings. The molecule has 0 saturated carbocycles. The minimum absolute atomic E-state index is 0.00991. The number of aromatic nitrogens is 1. The van der Waals surface area contributed by atoms with Crippen LogP contribution in [0.1, 0.15) is 5.56 Å². The zero-order valence-electron chi connectivity index (χ0n) is 12.0. The Bertz CT molecular complexity index is 617. The van der Waals surface area contributed by atoms with Gasteiger partial charge in [-0.1, -0.05) is 36.4 Å². The Morgan fingerprint density at radius 2 is 1.80 bits per heavy atom. The third-order valence-electron chi connectivity index (χ3n) is 3.31. The molecule has 0 bridgehead atoms. The van der Waals surface area contributed by atoms with Gasteiger partial charge in [-0.2, -0.15) is 0 Å². The largest absolute Gasteiger partial charge is 0.326 e. The lowest BCUT2D eigenvalue weighted by atomic mass is 10.1. The van der Waals surface area contributed by atoms with Gasteiger partial charge >= 0.3 is 0 Å². The molecule has 0 aliphatic heterocycles. The van der Waals surface area contributed by atoms with E-state index >= 15 is 0 Å². The molecular formula is C16H21N3O. The molecule has 4 nitrogen and oxygen atoms in total. The second-order valence-corrected chi connectivity index (χ2v) is 5.07. The second-order valence-electron chi connectivity index (χ2n) is 5.07. The Hall–Kier alpha value is -1.91. The summed E-state index contributed by atoms with van der Waals surface area (Å²) in [5, 5.41) is 0. The van der Waals surface area contributed by atoms with Crippen LogP contribution in [0.4, 0.5) is 0 Å². The number of pyridine rings is 1. The number of hydrogen-bond acceptors (Lipinski definition) is 3. The molecule has 0 spiro atoms. The molecule has 2 aromatic rings. The Morgan fingerprint density at radius 1 is 1.10 bits per heavy atom. The average molecular weight is 271 g/mol. The van der Waals surface area contributed by atoms with Gasteiger partial charge in [0, 0.05) is 25.2 Å². The van der Waals surface area contributed by atoms with Crippen LogP contribution < -0.4 is 11.3 Å². The van der Waals surface area contributed by atoms with Gasteiger partial charge in [-0.05, 0) is 25.7 Å². The highest BCUT2D eigenvalue weighted by Crippen LogP contribution is 2.17. The van der Waals surface area contributed by atoms with Gasteiger partial charge in [0.25, 0.3) is 5.56 Å². The smallest absolute Gasteiger partial charge is 0.255 e. The molecule has 0 amide bonds. The SMILES string of the molecule is CN(C)CCn1c(-c2ccccc2)ccc(CN)c1=O. The molecule has 20 heavy (non-hydrogen) atoms. The van der Waals surface area contributed by atoms with Crippen LogP contribution in [0, 0.1) is 0 Å². The van der Waals surface area contributed by atoms with E-state index in [1.807, 2.05) is 61.1 Å². The van der Waals surface area contributed by atoms with Crippen LogP contribution in [0.2, 0.25) is 0 Å². The minimum Gasteiger partial charge on any atom is -0.326 e. The second kappa shape index (κ2) is 6.50. The molecule has 0 aliphatic rings. The summed E-state index contributed by atoms with van der Waals surface area (Å²) in [6.07, 6.45) is 0. The van der Waals surface area contributed by atoms with Gasteiger partial charge in [0.15, 0.2) is 0 Å². The van der Waals surface area contributed by atoms with Gasteiger partial charge in [-0.15, -0.1) is 0 Å². The fraction of sp³-hybridized carbons (Fsp3) is 0.312. The van der Waals surface area contributed by atoms with E-state index in [0.29, 0.717) is 12.1 Å². The summed E-state index contributed by atoms with van der Waals surface area (Å²) in [6, 6.07) is 13.8. The number of nitrogens with zero attached hydrogens (tertiary/aromatic N) is 2. The lowest BCUT2D eigenvalue weighted by molar-refractivity contribution is 0.381. The van der Waals surface area contributed by atoms with Crippen LogP contribution >= 0.6 is 0 Å². The predicted octanol–water partition coefficient (Wildman–Crippen LogP) is 1.54. The molecule has 1 aromatic carbocycles. The molecule has 0 radical (unpaired) electrons. The van der Waals surface area contributed by atoms with E-state index in [1.54, 1.807) is 0 Å². The molecule has 0 unspecified atom stereocenters. The lowest BCUT2D eigenvalue weighted by Crippen LogP contribution is -2.30. The molecule has 106 valence electrons. The van der Waals surface area contributed by atoms with Gasteiger partial charge in [0.1, 0.15) is 0 Å². The van der Waals surface area contributed by atoms with Gasteiger partial charge in [0.05, 0.1) is 5.69 Å². The quantitative estimate of drug-likeness (QED) is 0.897. The molecule has 2 rings (SSSR count). The van der Waals surface area contributed by atoms with Crippen LogP contribution in [0.5, 0.6) is 0 Å². The molecule has 2 N–H and O–H groups in total. The number of benzene rings is 1. The van der Waals surface area contributed by atoms with E-state index in [9.17, 15) is 4.79 Å². The van der Waals surface area contributed by atoms with E-state index in [1.165, 1.54) is 0 Å². The number of nitrogens with two attached hydrogens (primary N) is 1. The average Bonchev–Trinajstić information content (AvgIpc) is 2.46. The van der Waals surface area contributed by atoms with Crippen molar-refractivity contribution in [3.63, 3.8) is 0 Å². The van der Waals surface area contributed by atoms with Gasteiger partial charge < -0.3 is 15.2 Å². The summed E-state index contributed by atoms with van der Waals surface area (Å²) in [5.74, 6) is 0. The Kier molecular flexibility index (Phi) is 4.71. The molecule has 0 atom stereocenters. The Morgan fingerprint density at radius 3 is 2.40 bits per heavy atom. The molecule has 0 saturated heterocycles. The molecule has 1 aromatic heterocycles. The first-order valence-electron chi connectivity index (χ1n) is 6.76. The number of likely N-dealkylation sites (N-methyl/N-ethyl adjacent to an activating group) is 1. The van der Waals surface area contributed by atoms with Crippen molar-refractivity contribution in [1.82, 2.24) is 9.47 Å². The van der Waals surface area contributed by atoms with Crippen molar-refractivity contribution < 1.29 is 0 Å². The van der Waals surface area contributed by atoms with Gasteiger partial charge in [0.2, 0.25) is 0 Å². The highest BCUT2D eigenvalue weighted by molar-refractivity contribution is 5.59. The summed E-state index contributed by atoms with van der Waals surface area (Å²) in [5.41, 5.74) is 8.29.